The van der Waals surface area contributed by atoms with Crippen molar-refractivity contribution in [2.45, 2.75) is 60.0 Å². The van der Waals surface area contributed by atoms with E-state index >= 15 is 0 Å². The Morgan fingerprint density at radius 1 is 1.27 bits per heavy atom. The van der Waals surface area contributed by atoms with E-state index in [-0.39, 0.29) is 5.91 Å². The average Bonchev–Trinajstić information content (AvgIpc) is 2.59. The van der Waals surface area contributed by atoms with Crippen LogP contribution in [0.3, 0.4) is 0 Å². The fourth-order valence-electron chi connectivity index (χ4n) is 3.93. The Kier molecular flexibility index (Phi) is 7.95. The zero-order valence-electron chi connectivity index (χ0n) is 17.2. The molecule has 1 amide bonds. The van der Waals surface area contributed by atoms with Gasteiger partial charge >= 0.3 is 0 Å². The zero-order chi connectivity index (χ0) is 19.1. The SMILES string of the molecule is CC[C@@H](Oc1cccc(C)c1C)C(=O)NCCCN1C[C@H](C)C[C@@H](C)C1. The van der Waals surface area contributed by atoms with E-state index in [2.05, 4.69) is 37.1 Å². The van der Waals surface area contributed by atoms with Gasteiger partial charge in [0, 0.05) is 19.6 Å². The van der Waals surface area contributed by atoms with Crippen LogP contribution in [0.2, 0.25) is 0 Å². The second-order valence-corrected chi connectivity index (χ2v) is 8.06. The third-order valence-corrected chi connectivity index (χ3v) is 5.38. The summed E-state index contributed by atoms with van der Waals surface area (Å²) >= 11 is 0. The van der Waals surface area contributed by atoms with Crippen LogP contribution in [0.15, 0.2) is 18.2 Å². The summed E-state index contributed by atoms with van der Waals surface area (Å²) in [7, 11) is 0. The van der Waals surface area contributed by atoms with Gasteiger partial charge in [-0.05, 0) is 68.7 Å². The van der Waals surface area contributed by atoms with Crippen molar-refractivity contribution in [2.75, 3.05) is 26.2 Å². The Bertz CT molecular complexity index is 578. The Hall–Kier alpha value is -1.55. The Morgan fingerprint density at radius 3 is 2.62 bits per heavy atom. The quantitative estimate of drug-likeness (QED) is 0.714. The zero-order valence-corrected chi connectivity index (χ0v) is 17.2. The summed E-state index contributed by atoms with van der Waals surface area (Å²) in [6, 6.07) is 5.98. The number of rotatable bonds is 8. The van der Waals surface area contributed by atoms with Gasteiger partial charge in [-0.2, -0.15) is 0 Å². The van der Waals surface area contributed by atoms with Gasteiger partial charge in [-0.15, -0.1) is 0 Å². The first-order valence-electron chi connectivity index (χ1n) is 10.1. The van der Waals surface area contributed by atoms with Gasteiger partial charge in [0.25, 0.3) is 5.91 Å². The molecule has 1 fully saturated rings. The highest BCUT2D eigenvalue weighted by Gasteiger charge is 2.22. The summed E-state index contributed by atoms with van der Waals surface area (Å²) in [5.74, 6) is 2.37. The number of hydrogen-bond donors (Lipinski definition) is 1. The number of aryl methyl sites for hydroxylation is 1. The average molecular weight is 361 g/mol. The topological polar surface area (TPSA) is 41.6 Å². The van der Waals surface area contributed by atoms with Crippen molar-refractivity contribution in [1.82, 2.24) is 10.2 Å². The van der Waals surface area contributed by atoms with Crippen LogP contribution in [0.1, 0.15) is 51.2 Å². The highest BCUT2D eigenvalue weighted by molar-refractivity contribution is 5.81. The van der Waals surface area contributed by atoms with Gasteiger partial charge in [0.1, 0.15) is 5.75 Å². The van der Waals surface area contributed by atoms with Crippen LogP contribution in [0.4, 0.5) is 0 Å². The summed E-state index contributed by atoms with van der Waals surface area (Å²) in [6.07, 6.45) is 2.57. The van der Waals surface area contributed by atoms with Crippen molar-refractivity contribution in [3.8, 4) is 5.75 Å². The van der Waals surface area contributed by atoms with E-state index < -0.39 is 6.10 Å². The first-order valence-corrected chi connectivity index (χ1v) is 10.1. The first-order chi connectivity index (χ1) is 12.4. The lowest BCUT2D eigenvalue weighted by Crippen LogP contribution is -2.42. The largest absolute Gasteiger partial charge is 0.480 e. The number of benzene rings is 1. The number of nitrogens with one attached hydrogen (secondary N) is 1. The second kappa shape index (κ2) is 9.96. The fourth-order valence-corrected chi connectivity index (χ4v) is 3.93. The molecule has 0 saturated carbocycles. The maximum atomic E-state index is 12.5. The molecule has 1 aliphatic heterocycles. The van der Waals surface area contributed by atoms with E-state index in [0.29, 0.717) is 13.0 Å². The van der Waals surface area contributed by atoms with Crippen molar-refractivity contribution in [3.63, 3.8) is 0 Å². The number of carbonyl (C=O) groups is 1. The molecule has 4 heteroatoms. The minimum absolute atomic E-state index is 0.00575. The highest BCUT2D eigenvalue weighted by atomic mass is 16.5. The van der Waals surface area contributed by atoms with E-state index in [9.17, 15) is 4.79 Å². The molecule has 0 aliphatic carbocycles. The number of piperidine rings is 1. The predicted octanol–water partition coefficient (Wildman–Crippen LogP) is 3.95. The smallest absolute Gasteiger partial charge is 0.261 e. The maximum absolute atomic E-state index is 12.5. The molecular weight excluding hydrogens is 324 g/mol. The van der Waals surface area contributed by atoms with Gasteiger partial charge < -0.3 is 15.0 Å². The lowest BCUT2D eigenvalue weighted by Gasteiger charge is -2.35. The molecule has 1 aromatic carbocycles. The van der Waals surface area contributed by atoms with Crippen LogP contribution >= 0.6 is 0 Å². The van der Waals surface area contributed by atoms with Crippen LogP contribution in [-0.2, 0) is 4.79 Å². The number of ether oxygens (including phenoxy) is 1. The van der Waals surface area contributed by atoms with Crippen LogP contribution in [0.5, 0.6) is 5.75 Å². The van der Waals surface area contributed by atoms with Gasteiger partial charge in [-0.25, -0.2) is 0 Å². The molecule has 1 N–H and O–H groups in total. The van der Waals surface area contributed by atoms with Crippen LogP contribution in [0, 0.1) is 25.7 Å². The lowest BCUT2D eigenvalue weighted by atomic mass is 9.92. The molecule has 1 heterocycles. The molecule has 0 unspecified atom stereocenters. The number of carbonyl (C=O) groups excluding carboxylic acids is 1. The third-order valence-electron chi connectivity index (χ3n) is 5.38. The minimum atomic E-state index is -0.425. The van der Waals surface area contributed by atoms with Gasteiger partial charge in [0.2, 0.25) is 0 Å². The van der Waals surface area contributed by atoms with E-state index in [1.165, 1.54) is 25.1 Å². The molecule has 1 saturated heterocycles. The summed E-state index contributed by atoms with van der Waals surface area (Å²) in [4.78, 5) is 15.0. The van der Waals surface area contributed by atoms with Gasteiger partial charge in [0.05, 0.1) is 0 Å². The molecule has 0 spiro atoms. The van der Waals surface area contributed by atoms with E-state index in [0.717, 1.165) is 36.1 Å². The van der Waals surface area contributed by atoms with Gasteiger partial charge in [0.15, 0.2) is 6.10 Å². The van der Waals surface area contributed by atoms with Crippen molar-refractivity contribution >= 4 is 5.91 Å². The lowest BCUT2D eigenvalue weighted by molar-refractivity contribution is -0.128. The molecule has 1 aromatic rings. The molecule has 0 bridgehead atoms. The number of amides is 1. The summed E-state index contributed by atoms with van der Waals surface area (Å²) < 4.78 is 5.99. The van der Waals surface area contributed by atoms with Crippen molar-refractivity contribution in [1.29, 1.82) is 0 Å². The molecule has 4 nitrogen and oxygen atoms in total. The number of nitrogens with zero attached hydrogens (tertiary/aromatic N) is 1. The van der Waals surface area contributed by atoms with E-state index in [1.807, 2.05) is 26.0 Å². The summed E-state index contributed by atoms with van der Waals surface area (Å²) in [6.45, 7) is 14.9. The summed E-state index contributed by atoms with van der Waals surface area (Å²) in [5.41, 5.74) is 2.29. The monoisotopic (exact) mass is 360 g/mol. The van der Waals surface area contributed by atoms with Crippen molar-refractivity contribution in [2.24, 2.45) is 11.8 Å². The normalized spacial score (nSPS) is 22.0. The third kappa shape index (κ3) is 6.01. The molecule has 0 radical (unpaired) electrons. The maximum Gasteiger partial charge on any atom is 0.261 e. The number of likely N-dealkylation sites (tertiary alicyclic amines) is 1. The van der Waals surface area contributed by atoms with Crippen LogP contribution in [0.25, 0.3) is 0 Å². The Morgan fingerprint density at radius 2 is 1.96 bits per heavy atom. The summed E-state index contributed by atoms with van der Waals surface area (Å²) in [5, 5.41) is 3.06. The van der Waals surface area contributed by atoms with Gasteiger partial charge in [-0.1, -0.05) is 32.9 Å². The molecule has 2 rings (SSSR count). The standard InChI is InChI=1S/C22H36N2O2/c1-6-20(26-21-10-7-9-18(4)19(21)5)22(25)23-11-8-12-24-14-16(2)13-17(3)15-24/h7,9-10,16-17,20H,6,8,11-15H2,1-5H3,(H,23,25)/t16-,17-,20-/m1/s1. The molecule has 26 heavy (non-hydrogen) atoms. The van der Waals surface area contributed by atoms with E-state index in [4.69, 9.17) is 4.74 Å². The Labute approximate surface area is 159 Å². The predicted molar refractivity (Wildman–Crippen MR) is 108 cm³/mol. The van der Waals surface area contributed by atoms with Gasteiger partial charge in [-0.3, -0.25) is 4.79 Å². The molecular formula is C22H36N2O2. The van der Waals surface area contributed by atoms with Crippen molar-refractivity contribution in [3.05, 3.63) is 29.3 Å². The molecule has 1 aliphatic rings. The first kappa shape index (κ1) is 20.8. The second-order valence-electron chi connectivity index (χ2n) is 8.06. The van der Waals surface area contributed by atoms with E-state index in [1.54, 1.807) is 0 Å². The van der Waals surface area contributed by atoms with Crippen LogP contribution in [-0.4, -0.2) is 43.1 Å². The Balaban J connectivity index is 1.76. The molecule has 3 atom stereocenters. The highest BCUT2D eigenvalue weighted by Crippen LogP contribution is 2.23. The minimum Gasteiger partial charge on any atom is -0.480 e. The molecule has 0 aromatic heterocycles. The van der Waals surface area contributed by atoms with Crippen LogP contribution < -0.4 is 10.1 Å². The fraction of sp³-hybridized carbons (Fsp3) is 0.682. The number of hydrogen-bond acceptors (Lipinski definition) is 3. The van der Waals surface area contributed by atoms with Crippen molar-refractivity contribution < 1.29 is 9.53 Å². The molecule has 146 valence electrons.